The fourth-order valence-corrected chi connectivity index (χ4v) is 3.13. The SMILES string of the molecule is Cc1ccccc1CC(=O)N1CC[C@H](NC(=O)OC(C)(C)C)[C@@H](C)C1. The molecule has 0 aromatic heterocycles. The van der Waals surface area contributed by atoms with Gasteiger partial charge in [-0.15, -0.1) is 0 Å². The van der Waals surface area contributed by atoms with Gasteiger partial charge >= 0.3 is 6.09 Å². The molecule has 138 valence electrons. The number of hydrogen-bond acceptors (Lipinski definition) is 3. The number of carbonyl (C=O) groups is 2. The molecule has 0 saturated carbocycles. The van der Waals surface area contributed by atoms with Crippen LogP contribution in [0.25, 0.3) is 0 Å². The van der Waals surface area contributed by atoms with Gasteiger partial charge < -0.3 is 15.0 Å². The minimum Gasteiger partial charge on any atom is -0.444 e. The third-order valence-corrected chi connectivity index (χ3v) is 4.56. The minimum atomic E-state index is -0.502. The number of carbonyl (C=O) groups excluding carboxylic acids is 2. The fourth-order valence-electron chi connectivity index (χ4n) is 3.13. The monoisotopic (exact) mass is 346 g/mol. The molecule has 1 N–H and O–H groups in total. The third kappa shape index (κ3) is 5.76. The molecule has 1 aromatic carbocycles. The van der Waals surface area contributed by atoms with Crippen molar-refractivity contribution in [3.05, 3.63) is 35.4 Å². The van der Waals surface area contributed by atoms with E-state index in [1.165, 1.54) is 0 Å². The van der Waals surface area contributed by atoms with Crippen LogP contribution in [0.2, 0.25) is 0 Å². The summed E-state index contributed by atoms with van der Waals surface area (Å²) in [6, 6.07) is 8.03. The van der Waals surface area contributed by atoms with Gasteiger partial charge in [0.05, 0.1) is 6.42 Å². The van der Waals surface area contributed by atoms with Gasteiger partial charge in [0.25, 0.3) is 0 Å². The average molecular weight is 346 g/mol. The molecule has 1 saturated heterocycles. The number of piperidine rings is 1. The van der Waals surface area contributed by atoms with E-state index in [9.17, 15) is 9.59 Å². The fraction of sp³-hybridized carbons (Fsp3) is 0.600. The van der Waals surface area contributed by atoms with Crippen molar-refractivity contribution in [2.24, 2.45) is 5.92 Å². The smallest absolute Gasteiger partial charge is 0.407 e. The van der Waals surface area contributed by atoms with Gasteiger partial charge in [0, 0.05) is 19.1 Å². The molecule has 0 unspecified atom stereocenters. The van der Waals surface area contributed by atoms with Crippen molar-refractivity contribution >= 4 is 12.0 Å². The molecule has 5 nitrogen and oxygen atoms in total. The van der Waals surface area contributed by atoms with Crippen LogP contribution in [-0.2, 0) is 16.0 Å². The van der Waals surface area contributed by atoms with E-state index in [0.29, 0.717) is 19.5 Å². The number of hydrogen-bond donors (Lipinski definition) is 1. The molecular weight excluding hydrogens is 316 g/mol. The molecule has 1 aliphatic rings. The topological polar surface area (TPSA) is 58.6 Å². The van der Waals surface area contributed by atoms with Gasteiger partial charge in [-0.2, -0.15) is 0 Å². The Hall–Kier alpha value is -2.04. The van der Waals surface area contributed by atoms with E-state index < -0.39 is 5.60 Å². The van der Waals surface area contributed by atoms with E-state index >= 15 is 0 Å². The molecule has 5 heteroatoms. The molecule has 1 heterocycles. The second kappa shape index (κ2) is 7.89. The first-order valence-corrected chi connectivity index (χ1v) is 8.97. The Labute approximate surface area is 150 Å². The summed E-state index contributed by atoms with van der Waals surface area (Å²) in [6.45, 7) is 11.0. The molecule has 25 heavy (non-hydrogen) atoms. The van der Waals surface area contributed by atoms with Gasteiger partial charge in [0.15, 0.2) is 0 Å². The lowest BCUT2D eigenvalue weighted by molar-refractivity contribution is -0.132. The van der Waals surface area contributed by atoms with Crippen LogP contribution in [0.3, 0.4) is 0 Å². The first-order chi connectivity index (χ1) is 11.7. The Balaban J connectivity index is 1.87. The highest BCUT2D eigenvalue weighted by atomic mass is 16.6. The molecule has 1 fully saturated rings. The summed E-state index contributed by atoms with van der Waals surface area (Å²) in [5.41, 5.74) is 1.72. The summed E-state index contributed by atoms with van der Waals surface area (Å²) in [7, 11) is 0. The predicted molar refractivity (Wildman–Crippen MR) is 98.4 cm³/mol. The maximum absolute atomic E-state index is 12.6. The van der Waals surface area contributed by atoms with Gasteiger partial charge in [-0.25, -0.2) is 4.79 Å². The second-order valence-electron chi connectivity index (χ2n) is 7.96. The van der Waals surface area contributed by atoms with Gasteiger partial charge in [-0.05, 0) is 51.2 Å². The largest absolute Gasteiger partial charge is 0.444 e. The number of nitrogens with zero attached hydrogens (tertiary/aromatic N) is 1. The van der Waals surface area contributed by atoms with Crippen LogP contribution in [0.5, 0.6) is 0 Å². The highest BCUT2D eigenvalue weighted by Crippen LogP contribution is 2.19. The molecule has 0 radical (unpaired) electrons. The molecule has 0 spiro atoms. The maximum Gasteiger partial charge on any atom is 0.407 e. The lowest BCUT2D eigenvalue weighted by Crippen LogP contribution is -2.52. The van der Waals surface area contributed by atoms with Crippen molar-refractivity contribution in [1.82, 2.24) is 10.2 Å². The number of ether oxygens (including phenoxy) is 1. The van der Waals surface area contributed by atoms with Gasteiger partial charge in [-0.3, -0.25) is 4.79 Å². The molecule has 0 bridgehead atoms. The quantitative estimate of drug-likeness (QED) is 0.913. The lowest BCUT2D eigenvalue weighted by Gasteiger charge is -2.37. The van der Waals surface area contributed by atoms with Gasteiger partial charge in [-0.1, -0.05) is 31.2 Å². The lowest BCUT2D eigenvalue weighted by atomic mass is 9.93. The molecule has 1 aromatic rings. The summed E-state index contributed by atoms with van der Waals surface area (Å²) >= 11 is 0. The Morgan fingerprint density at radius 1 is 1.28 bits per heavy atom. The zero-order valence-corrected chi connectivity index (χ0v) is 16.0. The first-order valence-electron chi connectivity index (χ1n) is 8.97. The van der Waals surface area contributed by atoms with Crippen LogP contribution in [0.4, 0.5) is 4.79 Å². The van der Waals surface area contributed by atoms with Gasteiger partial charge in [0.2, 0.25) is 5.91 Å². The maximum atomic E-state index is 12.6. The normalized spacial score (nSPS) is 20.9. The van der Waals surface area contributed by atoms with E-state index in [-0.39, 0.29) is 24.0 Å². The second-order valence-corrected chi connectivity index (χ2v) is 7.96. The van der Waals surface area contributed by atoms with Crippen LogP contribution in [0, 0.1) is 12.8 Å². The van der Waals surface area contributed by atoms with E-state index in [4.69, 9.17) is 4.74 Å². The van der Waals surface area contributed by atoms with Crippen LogP contribution in [0.15, 0.2) is 24.3 Å². The number of likely N-dealkylation sites (tertiary alicyclic amines) is 1. The molecule has 0 aliphatic carbocycles. The van der Waals surface area contributed by atoms with Crippen LogP contribution < -0.4 is 5.32 Å². The number of aryl methyl sites for hydroxylation is 1. The Morgan fingerprint density at radius 3 is 2.56 bits per heavy atom. The van der Waals surface area contributed by atoms with E-state index in [1.54, 1.807) is 0 Å². The summed E-state index contributed by atoms with van der Waals surface area (Å²) in [4.78, 5) is 26.5. The van der Waals surface area contributed by atoms with Crippen molar-refractivity contribution in [1.29, 1.82) is 0 Å². The number of nitrogens with one attached hydrogen (secondary N) is 1. The Kier molecular flexibility index (Phi) is 6.09. The van der Waals surface area contributed by atoms with Crippen LogP contribution in [-0.4, -0.2) is 41.6 Å². The zero-order valence-electron chi connectivity index (χ0n) is 16.0. The molecule has 2 amide bonds. The summed E-state index contributed by atoms with van der Waals surface area (Å²) in [6.07, 6.45) is 0.799. The standard InChI is InChI=1S/C20H30N2O3/c1-14-8-6-7-9-16(14)12-18(23)22-11-10-17(15(2)13-22)21-19(24)25-20(3,4)5/h6-9,15,17H,10-13H2,1-5H3,(H,21,24)/t15-,17-/m0/s1. The average Bonchev–Trinajstić information content (AvgIpc) is 2.49. The van der Waals surface area contributed by atoms with E-state index in [1.807, 2.05) is 56.9 Å². The molecule has 2 atom stereocenters. The highest BCUT2D eigenvalue weighted by molar-refractivity contribution is 5.79. The molecule has 2 rings (SSSR count). The van der Waals surface area contributed by atoms with Gasteiger partial charge in [0.1, 0.15) is 5.60 Å². The number of rotatable bonds is 3. The summed E-state index contributed by atoms with van der Waals surface area (Å²) in [5.74, 6) is 0.346. The molecular formula is C20H30N2O3. The van der Waals surface area contributed by atoms with Crippen molar-refractivity contribution < 1.29 is 14.3 Å². The van der Waals surface area contributed by atoms with Crippen LogP contribution in [0.1, 0.15) is 45.2 Å². The number of alkyl carbamates (subject to hydrolysis) is 1. The van der Waals surface area contributed by atoms with Crippen molar-refractivity contribution in [2.45, 2.75) is 59.1 Å². The van der Waals surface area contributed by atoms with Crippen molar-refractivity contribution in [3.8, 4) is 0 Å². The minimum absolute atomic E-state index is 0.0392. The Bertz CT molecular complexity index is 622. The zero-order chi connectivity index (χ0) is 18.6. The third-order valence-electron chi connectivity index (χ3n) is 4.56. The van der Waals surface area contributed by atoms with Crippen molar-refractivity contribution in [2.75, 3.05) is 13.1 Å². The summed E-state index contributed by atoms with van der Waals surface area (Å²) < 4.78 is 5.32. The Morgan fingerprint density at radius 2 is 1.96 bits per heavy atom. The van der Waals surface area contributed by atoms with Crippen molar-refractivity contribution in [3.63, 3.8) is 0 Å². The van der Waals surface area contributed by atoms with E-state index in [0.717, 1.165) is 17.5 Å². The first kappa shape index (κ1) is 19.3. The molecule has 1 aliphatic heterocycles. The summed E-state index contributed by atoms with van der Waals surface area (Å²) in [5, 5.41) is 2.94. The predicted octanol–water partition coefficient (Wildman–Crippen LogP) is 3.30. The van der Waals surface area contributed by atoms with E-state index in [2.05, 4.69) is 12.2 Å². The highest BCUT2D eigenvalue weighted by Gasteiger charge is 2.30. The van der Waals surface area contributed by atoms with Crippen LogP contribution >= 0.6 is 0 Å². The number of amides is 2. The number of benzene rings is 1.